The van der Waals surface area contributed by atoms with Crippen LogP contribution in [0.3, 0.4) is 0 Å². The number of hydrogen-bond acceptors (Lipinski definition) is 2. The summed E-state index contributed by atoms with van der Waals surface area (Å²) in [6.45, 7) is 1.72. The highest BCUT2D eigenvalue weighted by molar-refractivity contribution is 5.31. The highest BCUT2D eigenvalue weighted by atomic mass is 19.1. The molecule has 1 rings (SSSR count). The Labute approximate surface area is 88.6 Å². The van der Waals surface area contributed by atoms with E-state index in [1.807, 2.05) is 6.07 Å². The zero-order chi connectivity index (χ0) is 11.3. The molecule has 0 saturated heterocycles. The maximum absolute atomic E-state index is 13.0. The second-order valence-corrected chi connectivity index (χ2v) is 3.61. The van der Waals surface area contributed by atoms with Crippen molar-refractivity contribution in [3.63, 3.8) is 0 Å². The van der Waals surface area contributed by atoms with Crippen molar-refractivity contribution in [2.45, 2.75) is 25.2 Å². The Bertz CT molecular complexity index is 428. The molecule has 1 unspecified atom stereocenters. The third-order valence-corrected chi connectivity index (χ3v) is 2.45. The van der Waals surface area contributed by atoms with Crippen LogP contribution >= 0.6 is 0 Å². The van der Waals surface area contributed by atoms with Crippen LogP contribution in [-0.4, -0.2) is 0 Å². The third kappa shape index (κ3) is 2.54. The molecule has 0 aliphatic carbocycles. The fourth-order valence-electron chi connectivity index (χ4n) is 1.40. The Hall–Kier alpha value is -1.87. The van der Waals surface area contributed by atoms with Crippen molar-refractivity contribution in [2.24, 2.45) is 0 Å². The lowest BCUT2D eigenvalue weighted by atomic mass is 9.80. The zero-order valence-corrected chi connectivity index (χ0v) is 8.50. The van der Waals surface area contributed by atoms with Gasteiger partial charge < -0.3 is 0 Å². The van der Waals surface area contributed by atoms with Crippen molar-refractivity contribution in [3.05, 3.63) is 35.6 Å². The van der Waals surface area contributed by atoms with E-state index in [9.17, 15) is 4.39 Å². The number of rotatable bonds is 3. The molecular weight excluding hydrogens is 191 g/mol. The molecule has 0 heterocycles. The van der Waals surface area contributed by atoms with E-state index in [0.717, 1.165) is 0 Å². The van der Waals surface area contributed by atoms with Crippen LogP contribution in [0.5, 0.6) is 0 Å². The summed E-state index contributed by atoms with van der Waals surface area (Å²) in [5.74, 6) is -0.356. The smallest absolute Gasteiger partial charge is 0.123 e. The first-order chi connectivity index (χ1) is 7.12. The van der Waals surface area contributed by atoms with Gasteiger partial charge >= 0.3 is 0 Å². The van der Waals surface area contributed by atoms with E-state index >= 15 is 0 Å². The van der Waals surface area contributed by atoms with E-state index in [-0.39, 0.29) is 5.82 Å². The molecule has 0 aliphatic heterocycles. The second-order valence-electron chi connectivity index (χ2n) is 3.61. The van der Waals surface area contributed by atoms with Gasteiger partial charge in [0.2, 0.25) is 0 Å². The summed E-state index contributed by atoms with van der Waals surface area (Å²) in [7, 11) is 0. The highest BCUT2D eigenvalue weighted by Gasteiger charge is 2.26. The Morgan fingerprint density at radius 2 is 2.13 bits per heavy atom. The van der Waals surface area contributed by atoms with Gasteiger partial charge in [-0.25, -0.2) is 4.39 Å². The fourth-order valence-corrected chi connectivity index (χ4v) is 1.40. The predicted molar refractivity (Wildman–Crippen MR) is 54.2 cm³/mol. The lowest BCUT2D eigenvalue weighted by molar-refractivity contribution is 0.552. The van der Waals surface area contributed by atoms with Gasteiger partial charge in [0, 0.05) is 6.42 Å². The van der Waals surface area contributed by atoms with Gasteiger partial charge in [0.1, 0.15) is 5.82 Å². The summed E-state index contributed by atoms with van der Waals surface area (Å²) < 4.78 is 13.0. The number of nitrogens with zero attached hydrogens (tertiary/aromatic N) is 2. The molecule has 1 aromatic carbocycles. The lowest BCUT2D eigenvalue weighted by Gasteiger charge is -2.20. The minimum absolute atomic E-state index is 0.292. The molecule has 1 atom stereocenters. The first-order valence-corrected chi connectivity index (χ1v) is 4.66. The van der Waals surface area contributed by atoms with Gasteiger partial charge in [-0.15, -0.1) is 0 Å². The SMILES string of the molecule is CC(C#N)(CCC#N)c1cccc(F)c1. The van der Waals surface area contributed by atoms with Crippen molar-refractivity contribution in [1.82, 2.24) is 0 Å². The molecule has 0 amide bonds. The van der Waals surface area contributed by atoms with Gasteiger partial charge in [-0.3, -0.25) is 0 Å². The number of halogens is 1. The van der Waals surface area contributed by atoms with Gasteiger partial charge in [0.25, 0.3) is 0 Å². The van der Waals surface area contributed by atoms with E-state index in [1.54, 1.807) is 19.1 Å². The minimum Gasteiger partial charge on any atom is -0.207 e. The average Bonchev–Trinajstić information content (AvgIpc) is 2.26. The molecule has 3 heteroatoms. The summed E-state index contributed by atoms with van der Waals surface area (Å²) in [5.41, 5.74) is -0.155. The van der Waals surface area contributed by atoms with Crippen LogP contribution in [-0.2, 0) is 5.41 Å². The summed E-state index contributed by atoms with van der Waals surface area (Å²) >= 11 is 0. The lowest BCUT2D eigenvalue weighted by Crippen LogP contribution is -2.19. The number of nitriles is 2. The molecule has 0 aromatic heterocycles. The molecule has 0 aliphatic rings. The molecule has 0 saturated carbocycles. The van der Waals surface area contributed by atoms with E-state index in [4.69, 9.17) is 10.5 Å². The quantitative estimate of drug-likeness (QED) is 0.756. The van der Waals surface area contributed by atoms with E-state index in [2.05, 4.69) is 6.07 Å². The number of benzene rings is 1. The highest BCUT2D eigenvalue weighted by Crippen LogP contribution is 2.28. The first-order valence-electron chi connectivity index (χ1n) is 4.66. The Balaban J connectivity index is 3.02. The largest absolute Gasteiger partial charge is 0.207 e. The Morgan fingerprint density at radius 3 is 2.67 bits per heavy atom. The molecule has 0 N–H and O–H groups in total. The van der Waals surface area contributed by atoms with Crippen molar-refractivity contribution in [3.8, 4) is 12.1 Å². The summed E-state index contributed by atoms with van der Waals surface area (Å²) in [6.07, 6.45) is 0.712. The van der Waals surface area contributed by atoms with Crippen molar-refractivity contribution in [1.29, 1.82) is 10.5 Å². The van der Waals surface area contributed by atoms with Crippen LogP contribution in [0.25, 0.3) is 0 Å². The van der Waals surface area contributed by atoms with Crippen LogP contribution in [0.1, 0.15) is 25.3 Å². The van der Waals surface area contributed by atoms with Crippen LogP contribution < -0.4 is 0 Å². The maximum Gasteiger partial charge on any atom is 0.123 e. The maximum atomic E-state index is 13.0. The summed E-state index contributed by atoms with van der Waals surface area (Å²) in [4.78, 5) is 0. The standard InChI is InChI=1S/C12H11FN2/c1-12(9-15,6-3-7-14)10-4-2-5-11(13)8-10/h2,4-5,8H,3,6H2,1H3. The van der Waals surface area contributed by atoms with Gasteiger partial charge in [0.05, 0.1) is 17.6 Å². The van der Waals surface area contributed by atoms with Crippen molar-refractivity contribution < 1.29 is 4.39 Å². The normalized spacial score (nSPS) is 13.6. The molecule has 2 nitrogen and oxygen atoms in total. The fraction of sp³-hybridized carbons (Fsp3) is 0.333. The molecule has 1 aromatic rings. The molecule has 76 valence electrons. The zero-order valence-electron chi connectivity index (χ0n) is 8.50. The predicted octanol–water partition coefficient (Wildman–Crippen LogP) is 2.91. The summed E-state index contributed by atoms with van der Waals surface area (Å²) in [5, 5.41) is 17.6. The van der Waals surface area contributed by atoms with Crippen molar-refractivity contribution >= 4 is 0 Å². The van der Waals surface area contributed by atoms with Crippen LogP contribution in [0.15, 0.2) is 24.3 Å². The van der Waals surface area contributed by atoms with Gasteiger partial charge in [-0.1, -0.05) is 12.1 Å². The van der Waals surface area contributed by atoms with E-state index < -0.39 is 5.41 Å². The average molecular weight is 202 g/mol. The molecule has 0 radical (unpaired) electrons. The van der Waals surface area contributed by atoms with E-state index in [1.165, 1.54) is 12.1 Å². The third-order valence-electron chi connectivity index (χ3n) is 2.45. The van der Waals surface area contributed by atoms with Crippen LogP contribution in [0.4, 0.5) is 4.39 Å². The number of hydrogen-bond donors (Lipinski definition) is 0. The van der Waals surface area contributed by atoms with E-state index in [0.29, 0.717) is 18.4 Å². The topological polar surface area (TPSA) is 47.6 Å². The molecule has 0 bridgehead atoms. The Morgan fingerprint density at radius 1 is 1.40 bits per heavy atom. The van der Waals surface area contributed by atoms with Crippen molar-refractivity contribution in [2.75, 3.05) is 0 Å². The monoisotopic (exact) mass is 202 g/mol. The second kappa shape index (κ2) is 4.57. The van der Waals surface area contributed by atoms with Crippen LogP contribution in [0, 0.1) is 28.5 Å². The Kier molecular flexibility index (Phi) is 3.42. The van der Waals surface area contributed by atoms with Gasteiger partial charge in [0.15, 0.2) is 0 Å². The molecule has 0 spiro atoms. The van der Waals surface area contributed by atoms with Gasteiger partial charge in [-0.2, -0.15) is 10.5 Å². The minimum atomic E-state index is -0.780. The van der Waals surface area contributed by atoms with Gasteiger partial charge in [-0.05, 0) is 31.0 Å². The molecule has 15 heavy (non-hydrogen) atoms. The van der Waals surface area contributed by atoms with Crippen LogP contribution in [0.2, 0.25) is 0 Å². The first kappa shape index (κ1) is 11.2. The summed E-state index contributed by atoms with van der Waals surface area (Å²) in [6, 6.07) is 10.1. The molecular formula is C12H11FN2. The molecule has 0 fully saturated rings.